The van der Waals surface area contributed by atoms with Gasteiger partial charge in [0.2, 0.25) is 0 Å². The van der Waals surface area contributed by atoms with E-state index in [1.165, 1.54) is 12.1 Å². The maximum atomic E-state index is 12.6. The number of benzene rings is 2. The second-order valence-electron chi connectivity index (χ2n) is 5.27. The van der Waals surface area contributed by atoms with Crippen molar-refractivity contribution in [3.05, 3.63) is 53.0 Å². The number of sulfone groups is 1. The van der Waals surface area contributed by atoms with Gasteiger partial charge in [-0.3, -0.25) is 4.79 Å². The smallest absolute Gasteiger partial charge is 0.256 e. The van der Waals surface area contributed by atoms with Crippen LogP contribution in [0.15, 0.2) is 47.4 Å². The highest BCUT2D eigenvalue weighted by atomic mass is 32.2. The molecule has 0 saturated carbocycles. The predicted molar refractivity (Wildman–Crippen MR) is 96.5 cm³/mol. The van der Waals surface area contributed by atoms with Crippen molar-refractivity contribution in [2.24, 2.45) is 0 Å². The minimum absolute atomic E-state index is 0.0522. The lowest BCUT2D eigenvalue weighted by Gasteiger charge is -2.10. The van der Waals surface area contributed by atoms with Crippen molar-refractivity contribution in [1.29, 1.82) is 0 Å². The molecule has 0 unspecified atom stereocenters. The summed E-state index contributed by atoms with van der Waals surface area (Å²) < 4.78 is 25.3. The van der Waals surface area contributed by atoms with Gasteiger partial charge in [0.25, 0.3) is 5.91 Å². The average molecular weight is 360 g/mol. The summed E-state index contributed by atoms with van der Waals surface area (Å²) in [6, 6.07) is 11.7. The van der Waals surface area contributed by atoms with Crippen LogP contribution in [0, 0.1) is 6.92 Å². The number of hydrogen-bond acceptors (Lipinski definition) is 5. The number of aromatic nitrogens is 1. The molecule has 1 heterocycles. The molecule has 2 aromatic carbocycles. The van der Waals surface area contributed by atoms with Crippen molar-refractivity contribution in [1.82, 2.24) is 4.98 Å². The van der Waals surface area contributed by atoms with Gasteiger partial charge < -0.3 is 5.32 Å². The molecule has 0 aliphatic heterocycles. The molecular formula is C17H16N2O3S2. The Labute approximate surface area is 144 Å². The van der Waals surface area contributed by atoms with Crippen molar-refractivity contribution >= 4 is 43.0 Å². The normalized spacial score (nSPS) is 11.6. The van der Waals surface area contributed by atoms with Gasteiger partial charge in [-0.1, -0.05) is 19.1 Å². The minimum atomic E-state index is -3.47. The zero-order valence-corrected chi connectivity index (χ0v) is 14.9. The van der Waals surface area contributed by atoms with E-state index in [4.69, 9.17) is 0 Å². The fourth-order valence-corrected chi connectivity index (χ4v) is 4.36. The van der Waals surface area contributed by atoms with Crippen LogP contribution in [0.3, 0.4) is 0 Å². The molecule has 0 aliphatic carbocycles. The maximum absolute atomic E-state index is 12.6. The number of nitrogens with zero attached hydrogens (tertiary/aromatic N) is 1. The van der Waals surface area contributed by atoms with E-state index in [0.717, 1.165) is 15.2 Å². The summed E-state index contributed by atoms with van der Waals surface area (Å²) in [4.78, 5) is 17.0. The molecule has 7 heteroatoms. The fraction of sp³-hybridized carbons (Fsp3) is 0.176. The van der Waals surface area contributed by atoms with Crippen molar-refractivity contribution in [2.45, 2.75) is 18.7 Å². The molecule has 1 N–H and O–H groups in total. The second-order valence-corrected chi connectivity index (χ2v) is 8.75. The van der Waals surface area contributed by atoms with Crippen LogP contribution in [0.25, 0.3) is 10.2 Å². The SMILES string of the molecule is CCS(=O)(=O)c1ccccc1C(=O)Nc1ccc2nc(C)sc2c1. The van der Waals surface area contributed by atoms with Crippen LogP contribution in [-0.2, 0) is 9.84 Å². The number of nitrogens with one attached hydrogen (secondary N) is 1. The van der Waals surface area contributed by atoms with Gasteiger partial charge >= 0.3 is 0 Å². The summed E-state index contributed by atoms with van der Waals surface area (Å²) in [5.41, 5.74) is 1.64. The Hall–Kier alpha value is -2.25. The number of hydrogen-bond donors (Lipinski definition) is 1. The lowest BCUT2D eigenvalue weighted by Crippen LogP contribution is -2.17. The van der Waals surface area contributed by atoms with E-state index in [-0.39, 0.29) is 16.2 Å². The van der Waals surface area contributed by atoms with Gasteiger partial charge in [-0.05, 0) is 37.3 Å². The molecule has 124 valence electrons. The molecule has 0 aliphatic rings. The van der Waals surface area contributed by atoms with Gasteiger partial charge in [0.05, 0.1) is 31.4 Å². The topological polar surface area (TPSA) is 76.1 Å². The van der Waals surface area contributed by atoms with Gasteiger partial charge in [-0.2, -0.15) is 0 Å². The minimum Gasteiger partial charge on any atom is -0.322 e. The third kappa shape index (κ3) is 3.18. The molecule has 1 amide bonds. The molecular weight excluding hydrogens is 344 g/mol. The lowest BCUT2D eigenvalue weighted by molar-refractivity contribution is 0.102. The molecule has 0 fully saturated rings. The highest BCUT2D eigenvalue weighted by molar-refractivity contribution is 7.91. The summed E-state index contributed by atoms with van der Waals surface area (Å²) in [6.45, 7) is 3.48. The Bertz CT molecular complexity index is 1020. The number of aryl methyl sites for hydroxylation is 1. The van der Waals surface area contributed by atoms with E-state index in [2.05, 4.69) is 10.3 Å². The molecule has 0 saturated heterocycles. The number of carbonyl (C=O) groups is 1. The zero-order chi connectivity index (χ0) is 17.3. The molecule has 24 heavy (non-hydrogen) atoms. The van der Waals surface area contributed by atoms with E-state index in [1.54, 1.807) is 36.5 Å². The Morgan fingerprint density at radius 2 is 1.96 bits per heavy atom. The number of rotatable bonds is 4. The van der Waals surface area contributed by atoms with E-state index in [9.17, 15) is 13.2 Å². The third-order valence-electron chi connectivity index (χ3n) is 3.60. The Kier molecular flexibility index (Phi) is 4.38. The number of anilines is 1. The predicted octanol–water partition coefficient (Wildman–Crippen LogP) is 3.65. The number of amides is 1. The number of thiazole rings is 1. The van der Waals surface area contributed by atoms with E-state index < -0.39 is 15.7 Å². The van der Waals surface area contributed by atoms with Crippen molar-refractivity contribution < 1.29 is 13.2 Å². The van der Waals surface area contributed by atoms with Crippen LogP contribution in [0.4, 0.5) is 5.69 Å². The highest BCUT2D eigenvalue weighted by Gasteiger charge is 2.20. The lowest BCUT2D eigenvalue weighted by atomic mass is 10.2. The first-order valence-corrected chi connectivity index (χ1v) is 9.88. The fourth-order valence-electron chi connectivity index (χ4n) is 2.40. The molecule has 0 bridgehead atoms. The Balaban J connectivity index is 1.95. The zero-order valence-electron chi connectivity index (χ0n) is 13.2. The van der Waals surface area contributed by atoms with Crippen LogP contribution in [0.2, 0.25) is 0 Å². The van der Waals surface area contributed by atoms with Gasteiger partial charge in [0.15, 0.2) is 9.84 Å². The maximum Gasteiger partial charge on any atom is 0.256 e. The molecule has 1 aromatic heterocycles. The summed E-state index contributed by atoms with van der Waals surface area (Å²) in [5.74, 6) is -0.494. The summed E-state index contributed by atoms with van der Waals surface area (Å²) >= 11 is 1.54. The monoisotopic (exact) mass is 360 g/mol. The highest BCUT2D eigenvalue weighted by Crippen LogP contribution is 2.25. The first kappa shape index (κ1) is 16.6. The Morgan fingerprint density at radius 1 is 1.21 bits per heavy atom. The van der Waals surface area contributed by atoms with Crippen LogP contribution in [0.5, 0.6) is 0 Å². The van der Waals surface area contributed by atoms with Crippen molar-refractivity contribution in [3.8, 4) is 0 Å². The number of fused-ring (bicyclic) bond motifs is 1. The standard InChI is InChI=1S/C17H16N2O3S2/c1-3-24(21,22)16-7-5-4-6-13(16)17(20)19-12-8-9-14-15(10-12)23-11(2)18-14/h4-10H,3H2,1-2H3,(H,19,20). The molecule has 0 atom stereocenters. The van der Waals surface area contributed by atoms with E-state index in [0.29, 0.717) is 5.69 Å². The first-order valence-electron chi connectivity index (χ1n) is 7.41. The quantitative estimate of drug-likeness (QED) is 0.770. The third-order valence-corrected chi connectivity index (χ3v) is 6.32. The van der Waals surface area contributed by atoms with Gasteiger partial charge in [0.1, 0.15) is 0 Å². The first-order chi connectivity index (χ1) is 11.4. The summed E-state index contributed by atoms with van der Waals surface area (Å²) in [6.07, 6.45) is 0. The summed E-state index contributed by atoms with van der Waals surface area (Å²) in [7, 11) is -3.47. The van der Waals surface area contributed by atoms with Gasteiger partial charge in [0, 0.05) is 5.69 Å². The summed E-state index contributed by atoms with van der Waals surface area (Å²) in [5, 5.41) is 3.72. The van der Waals surface area contributed by atoms with Crippen LogP contribution < -0.4 is 5.32 Å². The molecule has 0 spiro atoms. The molecule has 0 radical (unpaired) electrons. The molecule has 5 nitrogen and oxygen atoms in total. The average Bonchev–Trinajstić information content (AvgIpc) is 2.94. The van der Waals surface area contributed by atoms with E-state index >= 15 is 0 Å². The Morgan fingerprint density at radius 3 is 2.71 bits per heavy atom. The largest absolute Gasteiger partial charge is 0.322 e. The van der Waals surface area contributed by atoms with Crippen LogP contribution >= 0.6 is 11.3 Å². The van der Waals surface area contributed by atoms with E-state index in [1.807, 2.05) is 19.1 Å². The van der Waals surface area contributed by atoms with Crippen LogP contribution in [-0.4, -0.2) is 25.1 Å². The van der Waals surface area contributed by atoms with Crippen molar-refractivity contribution in [3.63, 3.8) is 0 Å². The molecule has 3 rings (SSSR count). The molecule has 3 aromatic rings. The van der Waals surface area contributed by atoms with Gasteiger partial charge in [-0.15, -0.1) is 11.3 Å². The van der Waals surface area contributed by atoms with Crippen molar-refractivity contribution in [2.75, 3.05) is 11.1 Å². The van der Waals surface area contributed by atoms with Crippen LogP contribution in [0.1, 0.15) is 22.3 Å². The number of carbonyl (C=O) groups excluding carboxylic acids is 1. The second kappa shape index (κ2) is 6.33. The van der Waals surface area contributed by atoms with Gasteiger partial charge in [-0.25, -0.2) is 13.4 Å².